The lowest BCUT2D eigenvalue weighted by Crippen LogP contribution is -2.24. The number of nitrogens with one attached hydrogen (secondary N) is 1. The number of aryl methyl sites for hydroxylation is 1. The van der Waals surface area contributed by atoms with Gasteiger partial charge in [-0.2, -0.15) is 0 Å². The summed E-state index contributed by atoms with van der Waals surface area (Å²) in [6.45, 7) is 4.57. The molecule has 0 radical (unpaired) electrons. The fourth-order valence-corrected chi connectivity index (χ4v) is 2.25. The van der Waals surface area contributed by atoms with Crippen LogP contribution < -0.4 is 11.1 Å². The van der Waals surface area contributed by atoms with E-state index in [9.17, 15) is 0 Å². The van der Waals surface area contributed by atoms with Gasteiger partial charge in [0.1, 0.15) is 10.8 Å². The summed E-state index contributed by atoms with van der Waals surface area (Å²) in [4.78, 5) is 4.86. The molecule has 0 spiro atoms. The van der Waals surface area contributed by atoms with Gasteiger partial charge in [-0.15, -0.1) is 0 Å². The van der Waals surface area contributed by atoms with Crippen LogP contribution in [-0.2, 0) is 4.74 Å². The molecule has 0 atom stereocenters. The Hall–Kier alpha value is -1.20. The van der Waals surface area contributed by atoms with Gasteiger partial charge < -0.3 is 15.8 Å². The Labute approximate surface area is 113 Å². The number of nitrogens with zero attached hydrogens (tertiary/aromatic N) is 1. The van der Waals surface area contributed by atoms with Crippen LogP contribution in [0.4, 0.5) is 5.82 Å². The van der Waals surface area contributed by atoms with E-state index >= 15 is 0 Å². The molecule has 18 heavy (non-hydrogen) atoms. The van der Waals surface area contributed by atoms with Crippen molar-refractivity contribution in [1.29, 1.82) is 0 Å². The highest BCUT2D eigenvalue weighted by Crippen LogP contribution is 2.18. The second-order valence-corrected chi connectivity index (χ2v) is 5.09. The molecule has 4 nitrogen and oxygen atoms in total. The normalized spacial score (nSPS) is 16.5. The first-order valence-corrected chi connectivity index (χ1v) is 6.66. The SMILES string of the molecule is Cc1ccc(C(N)=S)c(NCC2CCOCC2)n1. The number of hydrogen-bond donors (Lipinski definition) is 2. The molecule has 1 aliphatic rings. The first kappa shape index (κ1) is 13.2. The zero-order valence-electron chi connectivity index (χ0n) is 10.6. The summed E-state index contributed by atoms with van der Waals surface area (Å²) < 4.78 is 5.35. The minimum absolute atomic E-state index is 0.386. The minimum Gasteiger partial charge on any atom is -0.389 e. The van der Waals surface area contributed by atoms with Crippen LogP contribution in [0.3, 0.4) is 0 Å². The molecule has 0 amide bonds. The molecule has 0 aliphatic carbocycles. The molecule has 98 valence electrons. The van der Waals surface area contributed by atoms with Crippen molar-refractivity contribution in [2.45, 2.75) is 19.8 Å². The highest BCUT2D eigenvalue weighted by atomic mass is 32.1. The maximum absolute atomic E-state index is 5.70. The fourth-order valence-electron chi connectivity index (χ4n) is 2.08. The van der Waals surface area contributed by atoms with Crippen LogP contribution in [0, 0.1) is 12.8 Å². The van der Waals surface area contributed by atoms with Crippen LogP contribution in [0.5, 0.6) is 0 Å². The van der Waals surface area contributed by atoms with Crippen LogP contribution in [0.25, 0.3) is 0 Å². The van der Waals surface area contributed by atoms with E-state index in [2.05, 4.69) is 10.3 Å². The molecule has 1 fully saturated rings. The van der Waals surface area contributed by atoms with Crippen molar-refractivity contribution in [3.8, 4) is 0 Å². The van der Waals surface area contributed by atoms with Gasteiger partial charge in [-0.1, -0.05) is 12.2 Å². The van der Waals surface area contributed by atoms with Crippen LogP contribution in [-0.4, -0.2) is 29.7 Å². The van der Waals surface area contributed by atoms with Crippen LogP contribution in [0.15, 0.2) is 12.1 Å². The first-order valence-electron chi connectivity index (χ1n) is 6.26. The monoisotopic (exact) mass is 265 g/mol. The third-order valence-electron chi connectivity index (χ3n) is 3.20. The van der Waals surface area contributed by atoms with E-state index in [1.165, 1.54) is 0 Å². The summed E-state index contributed by atoms with van der Waals surface area (Å²) in [6, 6.07) is 3.85. The van der Waals surface area contributed by atoms with Crippen molar-refractivity contribution in [2.24, 2.45) is 11.7 Å². The van der Waals surface area contributed by atoms with Crippen molar-refractivity contribution < 1.29 is 4.74 Å². The topological polar surface area (TPSA) is 60.2 Å². The van der Waals surface area contributed by atoms with Gasteiger partial charge in [0.2, 0.25) is 0 Å². The first-order chi connectivity index (χ1) is 8.66. The van der Waals surface area contributed by atoms with Crippen molar-refractivity contribution >= 4 is 23.0 Å². The molecular weight excluding hydrogens is 246 g/mol. The maximum Gasteiger partial charge on any atom is 0.136 e. The summed E-state index contributed by atoms with van der Waals surface area (Å²) in [5, 5.41) is 3.37. The molecule has 0 bridgehead atoms. The number of ether oxygens (including phenoxy) is 1. The number of hydrogen-bond acceptors (Lipinski definition) is 4. The van der Waals surface area contributed by atoms with E-state index < -0.39 is 0 Å². The Morgan fingerprint density at radius 1 is 1.50 bits per heavy atom. The van der Waals surface area contributed by atoms with E-state index in [1.807, 2.05) is 19.1 Å². The number of aromatic nitrogens is 1. The van der Waals surface area contributed by atoms with Gasteiger partial charge in [0.25, 0.3) is 0 Å². The molecule has 0 unspecified atom stereocenters. The zero-order chi connectivity index (χ0) is 13.0. The molecule has 5 heteroatoms. The molecule has 1 aliphatic heterocycles. The van der Waals surface area contributed by atoms with Gasteiger partial charge in [-0.25, -0.2) is 4.98 Å². The van der Waals surface area contributed by atoms with E-state index in [1.54, 1.807) is 0 Å². The smallest absolute Gasteiger partial charge is 0.136 e. The second-order valence-electron chi connectivity index (χ2n) is 4.65. The number of nitrogens with two attached hydrogens (primary N) is 1. The van der Waals surface area contributed by atoms with Crippen molar-refractivity contribution in [1.82, 2.24) is 4.98 Å². The van der Waals surface area contributed by atoms with Gasteiger partial charge in [-0.3, -0.25) is 0 Å². The molecule has 3 N–H and O–H groups in total. The summed E-state index contributed by atoms with van der Waals surface area (Å²) in [5.74, 6) is 1.44. The number of pyridine rings is 1. The quantitative estimate of drug-likeness (QED) is 0.814. The lowest BCUT2D eigenvalue weighted by molar-refractivity contribution is 0.0699. The summed E-state index contributed by atoms with van der Waals surface area (Å²) in [6.07, 6.45) is 2.20. The molecule has 1 aromatic heterocycles. The summed E-state index contributed by atoms with van der Waals surface area (Å²) in [7, 11) is 0. The maximum atomic E-state index is 5.70. The minimum atomic E-state index is 0.386. The van der Waals surface area contributed by atoms with E-state index in [0.717, 1.165) is 49.7 Å². The lowest BCUT2D eigenvalue weighted by Gasteiger charge is -2.23. The largest absolute Gasteiger partial charge is 0.389 e. The highest BCUT2D eigenvalue weighted by molar-refractivity contribution is 7.80. The Morgan fingerprint density at radius 3 is 2.89 bits per heavy atom. The molecular formula is C13H19N3OS. The van der Waals surface area contributed by atoms with E-state index in [0.29, 0.717) is 10.9 Å². The molecule has 2 rings (SSSR count). The number of rotatable bonds is 4. The predicted octanol–water partition coefficient (Wildman–Crippen LogP) is 1.86. The molecule has 1 aromatic rings. The fraction of sp³-hybridized carbons (Fsp3) is 0.538. The lowest BCUT2D eigenvalue weighted by atomic mass is 10.0. The number of thiocarbonyl (C=S) groups is 1. The van der Waals surface area contributed by atoms with Gasteiger partial charge in [0.15, 0.2) is 0 Å². The summed E-state index contributed by atoms with van der Waals surface area (Å²) >= 11 is 5.04. The van der Waals surface area contributed by atoms with Gasteiger partial charge in [0.05, 0.1) is 5.56 Å². The molecule has 0 aromatic carbocycles. The van der Waals surface area contributed by atoms with Crippen LogP contribution in [0.1, 0.15) is 24.1 Å². The Balaban J connectivity index is 2.03. The number of anilines is 1. The van der Waals surface area contributed by atoms with Crippen molar-refractivity contribution in [2.75, 3.05) is 25.1 Å². The average molecular weight is 265 g/mol. The van der Waals surface area contributed by atoms with Crippen molar-refractivity contribution in [3.63, 3.8) is 0 Å². The van der Waals surface area contributed by atoms with Crippen LogP contribution in [0.2, 0.25) is 0 Å². The van der Waals surface area contributed by atoms with Gasteiger partial charge >= 0.3 is 0 Å². The van der Waals surface area contributed by atoms with Crippen LogP contribution >= 0.6 is 12.2 Å². The second kappa shape index (κ2) is 6.11. The zero-order valence-corrected chi connectivity index (χ0v) is 11.4. The molecule has 1 saturated heterocycles. The van der Waals surface area contributed by atoms with E-state index in [4.69, 9.17) is 22.7 Å². The summed E-state index contributed by atoms with van der Waals surface area (Å²) in [5.41, 5.74) is 7.49. The Bertz CT molecular complexity index is 430. The van der Waals surface area contributed by atoms with Gasteiger partial charge in [0, 0.05) is 25.5 Å². The molecule has 0 saturated carbocycles. The van der Waals surface area contributed by atoms with Crippen molar-refractivity contribution in [3.05, 3.63) is 23.4 Å². The highest BCUT2D eigenvalue weighted by Gasteiger charge is 2.15. The Morgan fingerprint density at radius 2 is 2.22 bits per heavy atom. The van der Waals surface area contributed by atoms with Gasteiger partial charge in [-0.05, 0) is 37.8 Å². The molecule has 2 heterocycles. The predicted molar refractivity (Wildman–Crippen MR) is 76.9 cm³/mol. The van der Waals surface area contributed by atoms with E-state index in [-0.39, 0.29) is 0 Å². The standard InChI is InChI=1S/C13H19N3OS/c1-9-2-3-11(12(14)18)13(16-9)15-8-10-4-6-17-7-5-10/h2-3,10H,4-8H2,1H3,(H2,14,18)(H,15,16). The third kappa shape index (κ3) is 3.40. The third-order valence-corrected chi connectivity index (χ3v) is 3.42. The Kier molecular flexibility index (Phi) is 4.49. The average Bonchev–Trinajstić information content (AvgIpc) is 2.37.